The molecular formula is C9H17NO5S. The second kappa shape index (κ2) is 4.58. The highest BCUT2D eigenvalue weighted by atomic mass is 32.2. The molecule has 3 N–H and O–H groups in total. The Hall–Kier alpha value is -0.820. The van der Waals surface area contributed by atoms with E-state index >= 15 is 0 Å². The summed E-state index contributed by atoms with van der Waals surface area (Å²) in [6.45, 7) is 0. The van der Waals surface area contributed by atoms with Crippen LogP contribution in [0, 0.1) is 0 Å². The van der Waals surface area contributed by atoms with Gasteiger partial charge in [-0.15, -0.1) is 0 Å². The van der Waals surface area contributed by atoms with E-state index in [2.05, 4.69) is 5.32 Å². The van der Waals surface area contributed by atoms with E-state index in [9.17, 15) is 18.3 Å². The normalized spacial score (nSPS) is 31.0. The fourth-order valence-electron chi connectivity index (χ4n) is 2.11. The van der Waals surface area contributed by atoms with E-state index in [0.29, 0.717) is 25.7 Å². The van der Waals surface area contributed by atoms with Gasteiger partial charge in [-0.2, -0.15) is 0 Å². The molecule has 1 saturated carbocycles. The lowest BCUT2D eigenvalue weighted by atomic mass is 9.83. The van der Waals surface area contributed by atoms with Crippen molar-refractivity contribution in [1.29, 1.82) is 0 Å². The minimum absolute atomic E-state index is 0.183. The van der Waals surface area contributed by atoms with Crippen molar-refractivity contribution in [1.82, 2.24) is 5.32 Å². The topological polar surface area (TPSA) is 104 Å². The summed E-state index contributed by atoms with van der Waals surface area (Å²) in [7, 11) is -3.21. The van der Waals surface area contributed by atoms with E-state index in [0.717, 1.165) is 6.26 Å². The first-order valence-electron chi connectivity index (χ1n) is 5.10. The van der Waals surface area contributed by atoms with E-state index in [4.69, 9.17) is 5.11 Å². The summed E-state index contributed by atoms with van der Waals surface area (Å²) >= 11 is 0. The van der Waals surface area contributed by atoms with E-state index in [-0.39, 0.29) is 11.8 Å². The molecule has 1 amide bonds. The van der Waals surface area contributed by atoms with Gasteiger partial charge in [0.05, 0.1) is 11.4 Å². The highest BCUT2D eigenvalue weighted by molar-refractivity contribution is 7.90. The molecule has 0 aromatic heterocycles. The summed E-state index contributed by atoms with van der Waals surface area (Å²) in [6, 6.07) is -0.183. The minimum atomic E-state index is -3.21. The van der Waals surface area contributed by atoms with Crippen molar-refractivity contribution in [2.24, 2.45) is 0 Å². The summed E-state index contributed by atoms with van der Waals surface area (Å²) in [5, 5.41) is 20.9. The fourth-order valence-corrected chi connectivity index (χ4v) is 3.37. The van der Waals surface area contributed by atoms with Gasteiger partial charge in [-0.05, 0) is 25.7 Å². The van der Waals surface area contributed by atoms with Gasteiger partial charge in [-0.3, -0.25) is 0 Å². The van der Waals surface area contributed by atoms with Crippen LogP contribution < -0.4 is 5.32 Å². The summed E-state index contributed by atoms with van der Waals surface area (Å²) in [6.07, 6.45) is 1.57. The van der Waals surface area contributed by atoms with Crippen LogP contribution in [0.1, 0.15) is 25.7 Å². The van der Waals surface area contributed by atoms with Gasteiger partial charge >= 0.3 is 6.09 Å². The smallest absolute Gasteiger partial charge is 0.404 e. The number of nitrogens with one attached hydrogen (secondary N) is 1. The van der Waals surface area contributed by atoms with Gasteiger partial charge in [0.2, 0.25) is 0 Å². The van der Waals surface area contributed by atoms with Gasteiger partial charge in [0.1, 0.15) is 9.84 Å². The van der Waals surface area contributed by atoms with Crippen molar-refractivity contribution >= 4 is 15.9 Å². The lowest BCUT2D eigenvalue weighted by molar-refractivity contribution is 0.0175. The number of rotatable bonds is 3. The lowest BCUT2D eigenvalue weighted by Gasteiger charge is -2.35. The number of carboxylic acid groups (broad SMARTS) is 1. The van der Waals surface area contributed by atoms with Gasteiger partial charge in [0.25, 0.3) is 0 Å². The Morgan fingerprint density at radius 3 is 2.31 bits per heavy atom. The number of sulfone groups is 1. The summed E-state index contributed by atoms with van der Waals surface area (Å²) < 4.78 is 22.2. The molecule has 1 aliphatic carbocycles. The number of hydrogen-bond acceptors (Lipinski definition) is 4. The van der Waals surface area contributed by atoms with Crippen LogP contribution in [0.5, 0.6) is 0 Å². The third-order valence-corrected chi connectivity index (χ3v) is 3.84. The van der Waals surface area contributed by atoms with Gasteiger partial charge in [-0.1, -0.05) is 0 Å². The van der Waals surface area contributed by atoms with Crippen LogP contribution >= 0.6 is 0 Å². The molecular weight excluding hydrogens is 234 g/mol. The molecule has 0 heterocycles. The van der Waals surface area contributed by atoms with Crippen LogP contribution in [-0.2, 0) is 9.84 Å². The maximum Gasteiger partial charge on any atom is 0.404 e. The van der Waals surface area contributed by atoms with E-state index in [1.54, 1.807) is 0 Å². The van der Waals surface area contributed by atoms with Crippen molar-refractivity contribution in [3.8, 4) is 0 Å². The number of carbonyl (C=O) groups is 1. The Kier molecular flexibility index (Phi) is 3.80. The molecule has 0 aliphatic heterocycles. The van der Waals surface area contributed by atoms with Gasteiger partial charge in [0, 0.05) is 12.3 Å². The second-order valence-corrected chi connectivity index (χ2v) is 6.66. The number of hydrogen-bond donors (Lipinski definition) is 3. The summed E-state index contributed by atoms with van der Waals surface area (Å²) in [4.78, 5) is 10.4. The van der Waals surface area contributed by atoms with Crippen LogP contribution in [0.2, 0.25) is 0 Å². The van der Waals surface area contributed by atoms with Crippen molar-refractivity contribution in [2.45, 2.75) is 37.3 Å². The zero-order valence-electron chi connectivity index (χ0n) is 9.14. The molecule has 0 bridgehead atoms. The number of amides is 1. The average molecular weight is 251 g/mol. The zero-order valence-corrected chi connectivity index (χ0v) is 9.96. The van der Waals surface area contributed by atoms with Gasteiger partial charge in [-0.25, -0.2) is 13.2 Å². The molecule has 0 unspecified atom stereocenters. The molecule has 0 radical (unpaired) electrons. The first-order chi connectivity index (χ1) is 7.20. The van der Waals surface area contributed by atoms with Crippen molar-refractivity contribution in [3.63, 3.8) is 0 Å². The quantitative estimate of drug-likeness (QED) is 0.653. The molecule has 1 rings (SSSR count). The Balaban J connectivity index is 2.50. The Morgan fingerprint density at radius 2 is 1.94 bits per heavy atom. The molecule has 1 aliphatic rings. The monoisotopic (exact) mass is 251 g/mol. The third-order valence-electron chi connectivity index (χ3n) is 2.77. The predicted octanol–water partition coefficient (Wildman–Crippen LogP) is -0.0277. The first kappa shape index (κ1) is 13.2. The van der Waals surface area contributed by atoms with Gasteiger partial charge in [0.15, 0.2) is 0 Å². The third kappa shape index (κ3) is 4.36. The first-order valence-corrected chi connectivity index (χ1v) is 7.16. The molecule has 0 aromatic rings. The molecule has 0 aromatic carbocycles. The lowest BCUT2D eigenvalue weighted by Crippen LogP contribution is -2.46. The molecule has 94 valence electrons. The SMILES string of the molecule is CS(=O)(=O)CC1(O)CCC(NC(=O)O)CC1. The van der Waals surface area contributed by atoms with Crippen LogP contribution in [0.15, 0.2) is 0 Å². The molecule has 0 saturated heterocycles. The predicted molar refractivity (Wildman–Crippen MR) is 58.1 cm³/mol. The van der Waals surface area contributed by atoms with Crippen LogP contribution in [0.4, 0.5) is 4.79 Å². The standard InChI is InChI=1S/C9H17NO5S/c1-16(14,15)6-9(13)4-2-7(3-5-9)10-8(11)12/h7,10,13H,2-6H2,1H3,(H,11,12). The molecule has 6 nitrogen and oxygen atoms in total. The Morgan fingerprint density at radius 1 is 1.44 bits per heavy atom. The average Bonchev–Trinajstić information content (AvgIpc) is 2.05. The van der Waals surface area contributed by atoms with Crippen LogP contribution in [-0.4, -0.2) is 48.4 Å². The van der Waals surface area contributed by atoms with Crippen molar-refractivity contribution in [2.75, 3.05) is 12.0 Å². The maximum absolute atomic E-state index is 11.1. The Bertz CT molecular complexity index is 356. The van der Waals surface area contributed by atoms with Crippen LogP contribution in [0.25, 0.3) is 0 Å². The van der Waals surface area contributed by atoms with E-state index < -0.39 is 21.5 Å². The van der Waals surface area contributed by atoms with E-state index in [1.807, 2.05) is 0 Å². The molecule has 0 atom stereocenters. The largest absolute Gasteiger partial charge is 0.465 e. The maximum atomic E-state index is 11.1. The highest BCUT2D eigenvalue weighted by Crippen LogP contribution is 2.29. The van der Waals surface area contributed by atoms with E-state index in [1.165, 1.54) is 0 Å². The fraction of sp³-hybridized carbons (Fsp3) is 0.889. The van der Waals surface area contributed by atoms with Gasteiger partial charge < -0.3 is 15.5 Å². The second-order valence-electron chi connectivity index (χ2n) is 4.52. The van der Waals surface area contributed by atoms with Crippen molar-refractivity contribution in [3.05, 3.63) is 0 Å². The Labute approximate surface area is 94.6 Å². The molecule has 0 spiro atoms. The zero-order chi connectivity index (χ0) is 12.4. The minimum Gasteiger partial charge on any atom is -0.465 e. The highest BCUT2D eigenvalue weighted by Gasteiger charge is 2.36. The molecule has 1 fully saturated rings. The summed E-state index contributed by atoms with van der Waals surface area (Å²) in [5.74, 6) is -0.250. The molecule has 16 heavy (non-hydrogen) atoms. The van der Waals surface area contributed by atoms with Crippen molar-refractivity contribution < 1.29 is 23.4 Å². The molecule has 7 heteroatoms. The van der Waals surface area contributed by atoms with Crippen LogP contribution in [0.3, 0.4) is 0 Å². The summed E-state index contributed by atoms with van der Waals surface area (Å²) in [5.41, 5.74) is -1.19. The number of aliphatic hydroxyl groups is 1.